The first-order chi connectivity index (χ1) is 6.62. The summed E-state index contributed by atoms with van der Waals surface area (Å²) >= 11 is 9.37. The second-order valence-electron chi connectivity index (χ2n) is 3.99. The molecule has 0 saturated heterocycles. The molecule has 0 atom stereocenters. The van der Waals surface area contributed by atoms with Gasteiger partial charge in [0.1, 0.15) is 0 Å². The predicted molar refractivity (Wildman–Crippen MR) is 63.5 cm³/mol. The van der Waals surface area contributed by atoms with Crippen molar-refractivity contribution in [3.63, 3.8) is 0 Å². The summed E-state index contributed by atoms with van der Waals surface area (Å²) in [6.07, 6.45) is 4.63. The van der Waals surface area contributed by atoms with E-state index in [9.17, 15) is 0 Å². The minimum Gasteiger partial charge on any atom is -0.321 e. The Hall–Kier alpha value is -0.0500. The van der Waals surface area contributed by atoms with E-state index in [1.165, 1.54) is 18.4 Å². The molecule has 0 unspecified atom stereocenters. The van der Waals surface area contributed by atoms with Crippen molar-refractivity contribution in [1.29, 1.82) is 0 Å². The van der Waals surface area contributed by atoms with Gasteiger partial charge in [-0.2, -0.15) is 0 Å². The lowest BCUT2D eigenvalue weighted by atomic mass is 9.90. The predicted octanol–water partition coefficient (Wildman–Crippen LogP) is 3.83. The molecule has 1 aromatic carbocycles. The van der Waals surface area contributed by atoms with Crippen LogP contribution in [0.1, 0.15) is 31.2 Å². The Morgan fingerprint density at radius 2 is 1.93 bits per heavy atom. The van der Waals surface area contributed by atoms with E-state index in [-0.39, 0.29) is 5.54 Å². The molecule has 14 heavy (non-hydrogen) atoms. The van der Waals surface area contributed by atoms with E-state index in [1.54, 1.807) is 0 Å². The summed E-state index contributed by atoms with van der Waals surface area (Å²) in [4.78, 5) is 0. The Morgan fingerprint density at radius 1 is 1.29 bits per heavy atom. The molecule has 0 aromatic heterocycles. The Kier molecular flexibility index (Phi) is 2.87. The summed E-state index contributed by atoms with van der Waals surface area (Å²) in [5.74, 6) is 0. The van der Waals surface area contributed by atoms with Crippen molar-refractivity contribution < 1.29 is 0 Å². The first kappa shape index (κ1) is 10.5. The molecule has 0 spiro atoms. The number of halogens is 2. The van der Waals surface area contributed by atoms with Crippen LogP contribution >= 0.6 is 27.5 Å². The molecule has 1 nitrogen and oxygen atoms in total. The Balaban J connectivity index is 2.36. The summed E-state index contributed by atoms with van der Waals surface area (Å²) < 4.78 is 0.938. The number of hydrogen-bond acceptors (Lipinski definition) is 1. The van der Waals surface area contributed by atoms with Gasteiger partial charge >= 0.3 is 0 Å². The molecule has 0 amide bonds. The van der Waals surface area contributed by atoms with Crippen LogP contribution in [0.15, 0.2) is 22.7 Å². The van der Waals surface area contributed by atoms with Crippen LogP contribution < -0.4 is 5.73 Å². The van der Waals surface area contributed by atoms with Crippen molar-refractivity contribution >= 4 is 27.5 Å². The van der Waals surface area contributed by atoms with Crippen LogP contribution in [0.4, 0.5) is 0 Å². The van der Waals surface area contributed by atoms with E-state index in [1.807, 2.05) is 18.2 Å². The lowest BCUT2D eigenvalue weighted by Gasteiger charge is -2.24. The smallest absolute Gasteiger partial charge is 0.0548 e. The molecule has 0 aliphatic heterocycles. The molecule has 0 radical (unpaired) electrons. The van der Waals surface area contributed by atoms with Crippen LogP contribution in [0, 0.1) is 0 Å². The van der Waals surface area contributed by atoms with Gasteiger partial charge in [0.05, 0.1) is 5.02 Å². The quantitative estimate of drug-likeness (QED) is 0.827. The molecule has 2 N–H and O–H groups in total. The van der Waals surface area contributed by atoms with Crippen molar-refractivity contribution in [2.75, 3.05) is 0 Å². The number of rotatable bonds is 1. The molecular weight excluding hydrogens is 261 g/mol. The minimum atomic E-state index is -0.118. The van der Waals surface area contributed by atoms with Crippen LogP contribution in [-0.4, -0.2) is 0 Å². The van der Waals surface area contributed by atoms with Crippen molar-refractivity contribution in [2.45, 2.75) is 31.2 Å². The lowest BCUT2D eigenvalue weighted by Crippen LogP contribution is -2.32. The SMILES string of the molecule is NC1(c2ccc(Cl)c(Br)c2)CCCC1. The number of hydrogen-bond donors (Lipinski definition) is 1. The van der Waals surface area contributed by atoms with Gasteiger partial charge in [-0.15, -0.1) is 0 Å². The van der Waals surface area contributed by atoms with Crippen LogP contribution in [0.2, 0.25) is 5.02 Å². The van der Waals surface area contributed by atoms with E-state index in [4.69, 9.17) is 17.3 Å². The highest BCUT2D eigenvalue weighted by Gasteiger charge is 2.31. The van der Waals surface area contributed by atoms with Gasteiger partial charge in [0.15, 0.2) is 0 Å². The fourth-order valence-electron chi connectivity index (χ4n) is 2.10. The molecule has 1 aromatic rings. The number of benzene rings is 1. The maximum Gasteiger partial charge on any atom is 0.0548 e. The monoisotopic (exact) mass is 273 g/mol. The zero-order valence-corrected chi connectivity index (χ0v) is 10.2. The molecule has 1 aliphatic rings. The van der Waals surface area contributed by atoms with Gasteiger partial charge in [0.25, 0.3) is 0 Å². The Morgan fingerprint density at radius 3 is 2.50 bits per heavy atom. The minimum absolute atomic E-state index is 0.118. The maximum absolute atomic E-state index is 6.34. The fourth-order valence-corrected chi connectivity index (χ4v) is 2.60. The second kappa shape index (κ2) is 3.84. The molecule has 3 heteroatoms. The Labute approximate surface area is 97.8 Å². The van der Waals surface area contributed by atoms with Crippen LogP contribution in [0.3, 0.4) is 0 Å². The van der Waals surface area contributed by atoms with E-state index in [0.717, 1.165) is 22.3 Å². The van der Waals surface area contributed by atoms with Crippen LogP contribution in [0.25, 0.3) is 0 Å². The van der Waals surface area contributed by atoms with Gasteiger partial charge in [-0.05, 0) is 46.5 Å². The van der Waals surface area contributed by atoms with E-state index < -0.39 is 0 Å². The van der Waals surface area contributed by atoms with Gasteiger partial charge in [-0.25, -0.2) is 0 Å². The van der Waals surface area contributed by atoms with E-state index in [0.29, 0.717) is 0 Å². The summed E-state index contributed by atoms with van der Waals surface area (Å²) in [6.45, 7) is 0. The first-order valence-electron chi connectivity index (χ1n) is 4.86. The van der Waals surface area contributed by atoms with Gasteiger partial charge in [0, 0.05) is 10.0 Å². The third-order valence-corrected chi connectivity index (χ3v) is 4.20. The molecule has 0 heterocycles. The van der Waals surface area contributed by atoms with Crippen molar-refractivity contribution in [1.82, 2.24) is 0 Å². The molecule has 76 valence electrons. The normalized spacial score (nSPS) is 19.9. The van der Waals surface area contributed by atoms with Crippen molar-refractivity contribution in [3.8, 4) is 0 Å². The molecule has 1 aliphatic carbocycles. The van der Waals surface area contributed by atoms with E-state index in [2.05, 4.69) is 15.9 Å². The zero-order valence-electron chi connectivity index (χ0n) is 7.89. The average molecular weight is 275 g/mol. The standard InChI is InChI=1S/C11H13BrClN/c12-9-7-8(3-4-10(9)13)11(14)5-1-2-6-11/h3-4,7H,1-2,5-6,14H2. The molecule has 1 saturated carbocycles. The van der Waals surface area contributed by atoms with Gasteiger partial charge in [-0.3, -0.25) is 0 Å². The summed E-state index contributed by atoms with van der Waals surface area (Å²) in [5, 5.41) is 0.746. The highest BCUT2D eigenvalue weighted by molar-refractivity contribution is 9.10. The first-order valence-corrected chi connectivity index (χ1v) is 6.03. The topological polar surface area (TPSA) is 26.0 Å². The second-order valence-corrected chi connectivity index (χ2v) is 5.25. The number of nitrogens with two attached hydrogens (primary N) is 1. The van der Waals surface area contributed by atoms with Crippen molar-refractivity contribution in [3.05, 3.63) is 33.3 Å². The third-order valence-electron chi connectivity index (χ3n) is 2.99. The molecule has 1 fully saturated rings. The fraction of sp³-hybridized carbons (Fsp3) is 0.455. The van der Waals surface area contributed by atoms with Crippen LogP contribution in [-0.2, 0) is 5.54 Å². The van der Waals surface area contributed by atoms with E-state index >= 15 is 0 Å². The van der Waals surface area contributed by atoms with Crippen molar-refractivity contribution in [2.24, 2.45) is 5.73 Å². The van der Waals surface area contributed by atoms with Gasteiger partial charge < -0.3 is 5.73 Å². The maximum atomic E-state index is 6.34. The highest BCUT2D eigenvalue weighted by atomic mass is 79.9. The third kappa shape index (κ3) is 1.83. The van der Waals surface area contributed by atoms with Gasteiger partial charge in [-0.1, -0.05) is 30.5 Å². The highest BCUT2D eigenvalue weighted by Crippen LogP contribution is 2.38. The lowest BCUT2D eigenvalue weighted by molar-refractivity contribution is 0.461. The molecule has 2 rings (SSSR count). The van der Waals surface area contributed by atoms with Gasteiger partial charge in [0.2, 0.25) is 0 Å². The Bertz CT molecular complexity index is 345. The summed E-state index contributed by atoms with van der Waals surface area (Å²) in [7, 11) is 0. The van der Waals surface area contributed by atoms with Crippen LogP contribution in [0.5, 0.6) is 0 Å². The largest absolute Gasteiger partial charge is 0.321 e. The zero-order chi connectivity index (χ0) is 10.2. The average Bonchev–Trinajstić information content (AvgIpc) is 2.58. The molecule has 0 bridgehead atoms. The summed E-state index contributed by atoms with van der Waals surface area (Å²) in [6, 6.07) is 6.00. The summed E-state index contributed by atoms with van der Waals surface area (Å²) in [5.41, 5.74) is 7.42. The molecular formula is C11H13BrClN.